The zero-order valence-electron chi connectivity index (χ0n) is 10.3. The van der Waals surface area contributed by atoms with Crippen LogP contribution in [0, 0.1) is 6.92 Å². The van der Waals surface area contributed by atoms with Crippen LogP contribution in [0.1, 0.15) is 11.1 Å². The number of thioether (sulfide) groups is 1. The van der Waals surface area contributed by atoms with Crippen LogP contribution >= 0.6 is 27.7 Å². The zero-order chi connectivity index (χ0) is 13.0. The van der Waals surface area contributed by atoms with Crippen molar-refractivity contribution >= 4 is 33.6 Å². The summed E-state index contributed by atoms with van der Waals surface area (Å²) in [6, 6.07) is 6.23. The van der Waals surface area contributed by atoms with Crippen molar-refractivity contribution in [2.24, 2.45) is 0 Å². The lowest BCUT2D eigenvalue weighted by Gasteiger charge is -2.11. The summed E-state index contributed by atoms with van der Waals surface area (Å²) in [5.41, 5.74) is 2.54. The second-order valence-electron chi connectivity index (χ2n) is 4.38. The summed E-state index contributed by atoms with van der Waals surface area (Å²) in [5, 5.41) is 6.16. The molecule has 0 aliphatic carbocycles. The van der Waals surface area contributed by atoms with Gasteiger partial charge in [-0.05, 0) is 36.6 Å². The highest BCUT2D eigenvalue weighted by Gasteiger charge is 2.21. The molecule has 18 heavy (non-hydrogen) atoms. The van der Waals surface area contributed by atoms with Gasteiger partial charge in [0.05, 0.1) is 6.04 Å². The molecule has 3 nitrogen and oxygen atoms in total. The van der Waals surface area contributed by atoms with Crippen LogP contribution in [0.3, 0.4) is 0 Å². The first kappa shape index (κ1) is 13.9. The molecule has 1 amide bonds. The van der Waals surface area contributed by atoms with Gasteiger partial charge >= 0.3 is 0 Å². The average molecular weight is 329 g/mol. The standard InChI is InChI=1S/C13H17BrN2OS/c1-9-2-3-11(14)6-10(9)4-5-15-13(17)12-7-18-8-16-12/h2-3,6,12,16H,4-5,7-8H2,1H3,(H,15,17). The number of hydrogen-bond acceptors (Lipinski definition) is 3. The summed E-state index contributed by atoms with van der Waals surface area (Å²) in [6.45, 7) is 2.79. The molecule has 0 saturated carbocycles. The maximum absolute atomic E-state index is 11.8. The van der Waals surface area contributed by atoms with Crippen LogP contribution in [0.25, 0.3) is 0 Å². The van der Waals surface area contributed by atoms with E-state index in [1.54, 1.807) is 11.8 Å². The first-order valence-electron chi connectivity index (χ1n) is 6.00. The van der Waals surface area contributed by atoms with Crippen molar-refractivity contribution in [1.82, 2.24) is 10.6 Å². The maximum Gasteiger partial charge on any atom is 0.238 e. The zero-order valence-corrected chi connectivity index (χ0v) is 12.7. The van der Waals surface area contributed by atoms with Gasteiger partial charge in [-0.2, -0.15) is 0 Å². The topological polar surface area (TPSA) is 41.1 Å². The molecule has 1 aliphatic rings. The van der Waals surface area contributed by atoms with Crippen molar-refractivity contribution < 1.29 is 4.79 Å². The Bertz CT molecular complexity index is 433. The Morgan fingerprint density at radius 1 is 1.61 bits per heavy atom. The molecule has 2 N–H and O–H groups in total. The van der Waals surface area contributed by atoms with Crippen LogP contribution in [0.15, 0.2) is 22.7 Å². The molecule has 5 heteroatoms. The van der Waals surface area contributed by atoms with Gasteiger partial charge in [-0.15, -0.1) is 11.8 Å². The molecule has 0 spiro atoms. The second kappa shape index (κ2) is 6.59. The molecule has 98 valence electrons. The highest BCUT2D eigenvalue weighted by atomic mass is 79.9. The van der Waals surface area contributed by atoms with E-state index in [-0.39, 0.29) is 11.9 Å². The number of amides is 1. The predicted octanol–water partition coefficient (Wildman–Crippen LogP) is 2.08. The van der Waals surface area contributed by atoms with Crippen molar-refractivity contribution in [3.63, 3.8) is 0 Å². The SMILES string of the molecule is Cc1ccc(Br)cc1CCNC(=O)C1CSCN1. The van der Waals surface area contributed by atoms with E-state index in [1.165, 1.54) is 11.1 Å². The highest BCUT2D eigenvalue weighted by molar-refractivity contribution is 9.10. The molecule has 1 heterocycles. The van der Waals surface area contributed by atoms with E-state index in [2.05, 4.69) is 45.6 Å². The van der Waals surface area contributed by atoms with E-state index in [0.29, 0.717) is 6.54 Å². The fourth-order valence-corrected chi connectivity index (χ4v) is 3.27. The molecular formula is C13H17BrN2OS. The van der Waals surface area contributed by atoms with Gasteiger partial charge in [0.15, 0.2) is 0 Å². The fraction of sp³-hybridized carbons (Fsp3) is 0.462. The number of carbonyl (C=O) groups is 1. The summed E-state index contributed by atoms with van der Waals surface area (Å²) in [7, 11) is 0. The van der Waals surface area contributed by atoms with Crippen molar-refractivity contribution in [2.45, 2.75) is 19.4 Å². The lowest BCUT2D eigenvalue weighted by atomic mass is 10.1. The molecular weight excluding hydrogens is 312 g/mol. The lowest BCUT2D eigenvalue weighted by molar-refractivity contribution is -0.122. The number of hydrogen-bond donors (Lipinski definition) is 2. The van der Waals surface area contributed by atoms with Gasteiger partial charge < -0.3 is 5.32 Å². The summed E-state index contributed by atoms with van der Waals surface area (Å²) in [6.07, 6.45) is 0.872. The van der Waals surface area contributed by atoms with Crippen LogP contribution in [0.4, 0.5) is 0 Å². The molecule has 1 aromatic carbocycles. The third kappa shape index (κ3) is 3.73. The van der Waals surface area contributed by atoms with Gasteiger partial charge in [-0.25, -0.2) is 0 Å². The molecule has 0 bridgehead atoms. The minimum absolute atomic E-state index is 0.0152. The van der Waals surface area contributed by atoms with Gasteiger partial charge in [0, 0.05) is 22.6 Å². The Morgan fingerprint density at radius 2 is 2.44 bits per heavy atom. The molecule has 1 unspecified atom stereocenters. The number of benzene rings is 1. The van der Waals surface area contributed by atoms with Crippen molar-refractivity contribution in [3.8, 4) is 0 Å². The largest absolute Gasteiger partial charge is 0.354 e. The minimum atomic E-state index is -0.0152. The summed E-state index contributed by atoms with van der Waals surface area (Å²) < 4.78 is 1.09. The highest BCUT2D eigenvalue weighted by Crippen LogP contribution is 2.16. The smallest absolute Gasteiger partial charge is 0.238 e. The number of carbonyl (C=O) groups excluding carboxylic acids is 1. The maximum atomic E-state index is 11.8. The van der Waals surface area contributed by atoms with Crippen LogP contribution in [0.5, 0.6) is 0 Å². The third-order valence-corrected chi connectivity index (χ3v) is 4.47. The van der Waals surface area contributed by atoms with E-state index in [1.807, 2.05) is 6.07 Å². The average Bonchev–Trinajstić information content (AvgIpc) is 2.87. The van der Waals surface area contributed by atoms with Crippen LogP contribution in [-0.2, 0) is 11.2 Å². The Morgan fingerprint density at radius 3 is 3.17 bits per heavy atom. The predicted molar refractivity (Wildman–Crippen MR) is 79.8 cm³/mol. The van der Waals surface area contributed by atoms with Crippen LogP contribution < -0.4 is 10.6 Å². The normalized spacial score (nSPS) is 18.9. The monoisotopic (exact) mass is 328 g/mol. The molecule has 1 aliphatic heterocycles. The van der Waals surface area contributed by atoms with Gasteiger partial charge in [0.25, 0.3) is 0 Å². The molecule has 1 aromatic rings. The number of halogens is 1. The van der Waals surface area contributed by atoms with Crippen molar-refractivity contribution in [1.29, 1.82) is 0 Å². The lowest BCUT2D eigenvalue weighted by Crippen LogP contribution is -2.42. The molecule has 2 rings (SSSR count). The fourth-order valence-electron chi connectivity index (χ4n) is 1.92. The molecule has 1 saturated heterocycles. The van der Waals surface area contributed by atoms with Gasteiger partial charge in [0.2, 0.25) is 5.91 Å². The Balaban J connectivity index is 1.81. The number of nitrogens with one attached hydrogen (secondary N) is 2. The Labute approximate surface area is 120 Å². The van der Waals surface area contributed by atoms with E-state index >= 15 is 0 Å². The first-order chi connectivity index (χ1) is 8.66. The van der Waals surface area contributed by atoms with Gasteiger partial charge in [-0.3, -0.25) is 10.1 Å². The summed E-state index contributed by atoms with van der Waals surface area (Å²) >= 11 is 5.24. The molecule has 1 atom stereocenters. The Hall–Kier alpha value is -0.520. The third-order valence-electron chi connectivity index (χ3n) is 3.04. The summed E-state index contributed by atoms with van der Waals surface area (Å²) in [5.74, 6) is 1.87. The number of aryl methyl sites for hydroxylation is 1. The van der Waals surface area contributed by atoms with Gasteiger partial charge in [0.1, 0.15) is 0 Å². The van der Waals surface area contributed by atoms with Gasteiger partial charge in [-0.1, -0.05) is 22.0 Å². The molecule has 0 radical (unpaired) electrons. The van der Waals surface area contributed by atoms with E-state index in [0.717, 1.165) is 22.5 Å². The number of rotatable bonds is 4. The van der Waals surface area contributed by atoms with Crippen LogP contribution in [-0.4, -0.2) is 30.1 Å². The van der Waals surface area contributed by atoms with Crippen LogP contribution in [0.2, 0.25) is 0 Å². The first-order valence-corrected chi connectivity index (χ1v) is 7.95. The second-order valence-corrected chi connectivity index (χ2v) is 6.33. The molecule has 1 fully saturated rings. The minimum Gasteiger partial charge on any atom is -0.354 e. The quantitative estimate of drug-likeness (QED) is 0.889. The van der Waals surface area contributed by atoms with E-state index < -0.39 is 0 Å². The van der Waals surface area contributed by atoms with E-state index in [9.17, 15) is 4.79 Å². The molecule has 0 aromatic heterocycles. The Kier molecular flexibility index (Phi) is 5.09. The van der Waals surface area contributed by atoms with Crippen molar-refractivity contribution in [2.75, 3.05) is 18.2 Å². The summed E-state index contributed by atoms with van der Waals surface area (Å²) in [4.78, 5) is 11.8. The van der Waals surface area contributed by atoms with E-state index in [4.69, 9.17) is 0 Å². The van der Waals surface area contributed by atoms with Crippen molar-refractivity contribution in [3.05, 3.63) is 33.8 Å².